The van der Waals surface area contributed by atoms with Crippen LogP contribution in [0.2, 0.25) is 0 Å². The molecule has 0 aliphatic carbocycles. The van der Waals surface area contributed by atoms with Gasteiger partial charge in [0.05, 0.1) is 22.8 Å². The molecule has 0 atom stereocenters. The summed E-state index contributed by atoms with van der Waals surface area (Å²) < 4.78 is 22.9. The molecule has 32 nitrogen and oxygen atoms in total. The largest absolute Gasteiger partial charge is 0.657 e. The number of nitrogens with zero attached hydrogens (tertiary/aromatic N) is 8. The Morgan fingerprint density at radius 1 is 0.277 bits per heavy atom. The third kappa shape index (κ3) is 19.6. The zero-order valence-electron chi connectivity index (χ0n) is 52.4. The first-order valence-electron chi connectivity index (χ1n) is 29.6. The molecule has 521 valence electrons. The SMILES string of the molecule is O=C(O)CN(CC(=O)O)C(=O)COc1ccc(-c2c3nc(c(-c4ccc(OCC(=O)N(CC(=O)O)CC(=O)O)cc4)c4ccc([n-]4)c(-c4ccc(OCC(=O)N(CC(=O)O)CC(=O)O)cc4)c4nc(c(-c5ccc(OCC(=O)N(CC(=O)O)CC(=O)O)cc5)c5ccc2[n-]5)C=C4)C=C3)cc1.[99Tc]. The Balaban J connectivity index is 0.0000130. The van der Waals surface area contributed by atoms with Crippen LogP contribution in [-0.4, -0.2) is 221 Å². The van der Waals surface area contributed by atoms with E-state index < -0.39 is 150 Å². The summed E-state index contributed by atoms with van der Waals surface area (Å²) in [6.45, 7) is -10.1. The molecule has 5 heterocycles. The van der Waals surface area contributed by atoms with Gasteiger partial charge in [-0.05, 0) is 117 Å². The molecule has 0 saturated heterocycles. The number of hydrogen-bond donors (Lipinski definition) is 8. The molecule has 101 heavy (non-hydrogen) atoms. The van der Waals surface area contributed by atoms with Crippen LogP contribution in [0.5, 0.6) is 23.0 Å². The number of fused-ring (bicyclic) bond motifs is 8. The van der Waals surface area contributed by atoms with E-state index in [9.17, 15) is 98.4 Å². The van der Waals surface area contributed by atoms with E-state index in [-0.39, 0.29) is 43.1 Å². The first kappa shape index (κ1) is 73.8. The van der Waals surface area contributed by atoms with E-state index >= 15 is 0 Å². The number of amides is 4. The second-order valence-corrected chi connectivity index (χ2v) is 21.8. The Hall–Kier alpha value is -13.0. The van der Waals surface area contributed by atoms with Gasteiger partial charge < -0.3 is 89.4 Å². The van der Waals surface area contributed by atoms with Crippen LogP contribution in [0.1, 0.15) is 22.8 Å². The minimum Gasteiger partial charge on any atom is -0.657 e. The maximum Gasteiger partial charge on any atom is 0.323 e. The van der Waals surface area contributed by atoms with Crippen molar-refractivity contribution in [3.8, 4) is 67.5 Å². The first-order chi connectivity index (χ1) is 47.7. The van der Waals surface area contributed by atoms with Crippen LogP contribution in [0.4, 0.5) is 0 Å². The molecule has 0 spiro atoms. The van der Waals surface area contributed by atoms with Gasteiger partial charge in [0.25, 0.3) is 23.6 Å². The van der Waals surface area contributed by atoms with E-state index in [2.05, 4.69) is 0 Å². The summed E-state index contributed by atoms with van der Waals surface area (Å²) in [6, 6.07) is 32.1. The molecule has 2 aliphatic rings. The first-order valence-corrected chi connectivity index (χ1v) is 29.6. The van der Waals surface area contributed by atoms with Crippen molar-refractivity contribution in [3.05, 3.63) is 144 Å². The maximum absolute atomic E-state index is 13.0. The third-order valence-corrected chi connectivity index (χ3v) is 14.7. The molecule has 33 heteroatoms. The summed E-state index contributed by atoms with van der Waals surface area (Å²) in [7, 11) is 0. The number of carbonyl (C=O) groups excluding carboxylic acids is 4. The van der Waals surface area contributed by atoms with Gasteiger partial charge >= 0.3 is 47.8 Å². The zero-order valence-corrected chi connectivity index (χ0v) is 54.3. The Morgan fingerprint density at radius 3 is 0.604 bits per heavy atom. The Morgan fingerprint density at radius 2 is 0.446 bits per heavy atom. The topological polar surface area (TPSA) is 471 Å². The summed E-state index contributed by atoms with van der Waals surface area (Å²) in [5.74, 6) is -14.7. The number of carboxylic acid groups (broad SMARTS) is 8. The normalized spacial score (nSPS) is 11.1. The average molecular weight is 1470 g/mol. The third-order valence-electron chi connectivity index (χ3n) is 14.7. The van der Waals surface area contributed by atoms with Gasteiger partial charge in [0.2, 0.25) is 0 Å². The molecule has 0 unspecified atom stereocenters. The second-order valence-electron chi connectivity index (χ2n) is 21.8. The van der Waals surface area contributed by atoms with Gasteiger partial charge in [-0.25, -0.2) is 9.97 Å². The molecule has 2 aliphatic heterocycles. The van der Waals surface area contributed by atoms with Gasteiger partial charge in [-0.15, -0.1) is 22.1 Å². The second kappa shape index (κ2) is 33.3. The van der Waals surface area contributed by atoms with Gasteiger partial charge in [0.1, 0.15) is 75.4 Å². The molecule has 1 radical (unpaired) electrons. The predicted octanol–water partition coefficient (Wildman–Crippen LogP) is 4.09. The molecule has 8 bridgehead atoms. The summed E-state index contributed by atoms with van der Waals surface area (Å²) in [4.78, 5) is 167. The van der Waals surface area contributed by atoms with Crippen molar-refractivity contribution < 1.29 is 137 Å². The molecule has 4 amide bonds. The number of benzene rings is 4. The van der Waals surface area contributed by atoms with E-state index in [0.29, 0.717) is 109 Å². The van der Waals surface area contributed by atoms with Crippen LogP contribution in [-0.2, 0) is 77.6 Å². The molecule has 8 N–H and O–H groups in total. The molecular weight excluding hydrogens is 1410 g/mol. The fraction of sp³-hybridized carbons (Fsp3) is 0.176. The fourth-order valence-electron chi connectivity index (χ4n) is 10.3. The summed E-state index contributed by atoms with van der Waals surface area (Å²) >= 11 is 0. The molecule has 9 rings (SSSR count). The van der Waals surface area contributed by atoms with Crippen LogP contribution in [0, 0.1) is 0 Å². The predicted molar refractivity (Wildman–Crippen MR) is 348 cm³/mol. The van der Waals surface area contributed by atoms with Crippen LogP contribution in [0.25, 0.3) is 90.9 Å². The standard InChI is InChI=1S/C68H58N8O24.Tc/c77-53(73(25-57(81)82)26-58(83)84)33-97-41-9-1-37(2-10-41)65-45-17-19-47(69-45)66(38-3-11-42(12-4-38)98-34-54(78)74(27-59(85)86)28-60(87)88)49-21-23-51(71-49)68(40-7-15-44(16-8-40)100-36-56(80)76(31-63(93)94)32-64(95)96)52-24-22-50(72-52)67(48-20-18-46(65)70-48)39-5-13-43(14-6-39)99-35-55(79)75(29-61(89)90)30-62(91)92;/h1-24H,25-36H2,(H10,69,70,71,72,81,82,83,84,85,86,87,88,89,90,91,92,93,94,95,96);/p-2/i;1+1. The molecule has 4 aromatic carbocycles. The monoisotopic (exact) mass is 1470 g/mol. The summed E-state index contributed by atoms with van der Waals surface area (Å²) in [5, 5.41) is 74.7. The minimum atomic E-state index is -1.45. The quantitative estimate of drug-likeness (QED) is 0.0294. The van der Waals surface area contributed by atoms with Crippen molar-refractivity contribution >= 4 is 118 Å². The summed E-state index contributed by atoms with van der Waals surface area (Å²) in [5.41, 5.74) is 6.39. The van der Waals surface area contributed by atoms with Crippen molar-refractivity contribution in [2.24, 2.45) is 0 Å². The van der Waals surface area contributed by atoms with Crippen LogP contribution >= 0.6 is 0 Å². The molecule has 0 saturated carbocycles. The number of ether oxygens (including phenoxy) is 4. The van der Waals surface area contributed by atoms with Crippen LogP contribution < -0.4 is 28.9 Å². The number of carboxylic acids is 8. The van der Waals surface area contributed by atoms with Crippen molar-refractivity contribution in [1.29, 1.82) is 0 Å². The van der Waals surface area contributed by atoms with E-state index in [1.54, 1.807) is 97.1 Å². The van der Waals surface area contributed by atoms with Gasteiger partial charge in [0.15, 0.2) is 26.4 Å². The van der Waals surface area contributed by atoms with E-state index in [0.717, 1.165) is 0 Å². The fourth-order valence-corrected chi connectivity index (χ4v) is 10.3. The van der Waals surface area contributed by atoms with Crippen LogP contribution in [0.15, 0.2) is 121 Å². The van der Waals surface area contributed by atoms with Gasteiger partial charge in [-0.3, -0.25) is 57.5 Å². The van der Waals surface area contributed by atoms with Crippen molar-refractivity contribution in [1.82, 2.24) is 39.5 Å². The number of aliphatic carboxylic acids is 8. The molecule has 7 aromatic rings. The van der Waals surface area contributed by atoms with Gasteiger partial charge in [-0.1, -0.05) is 72.8 Å². The molecule has 3 aromatic heterocycles. The smallest absolute Gasteiger partial charge is 0.323 e. The number of rotatable bonds is 32. The van der Waals surface area contributed by atoms with Gasteiger partial charge in [-0.2, -0.15) is 0 Å². The van der Waals surface area contributed by atoms with E-state index in [1.807, 2.05) is 0 Å². The maximum atomic E-state index is 13.0. The average Bonchev–Trinajstić information content (AvgIpc) is 1.62. The number of aromatic nitrogens is 4. The number of carbonyl (C=O) groups is 12. The van der Waals surface area contributed by atoms with Crippen molar-refractivity contribution in [2.75, 3.05) is 78.8 Å². The van der Waals surface area contributed by atoms with Crippen LogP contribution in [0.3, 0.4) is 0 Å². The Labute approximate surface area is 582 Å². The molecular formula is C68H56N8O24Tc-2. The van der Waals surface area contributed by atoms with Gasteiger partial charge in [0, 0.05) is 20.1 Å². The van der Waals surface area contributed by atoms with E-state index in [4.69, 9.17) is 38.9 Å². The molecule has 0 fully saturated rings. The van der Waals surface area contributed by atoms with Crippen molar-refractivity contribution in [2.45, 2.75) is 0 Å². The Kier molecular flexibility index (Phi) is 24.3. The summed E-state index contributed by atoms with van der Waals surface area (Å²) in [6.07, 6.45) is 6.88. The van der Waals surface area contributed by atoms with Crippen molar-refractivity contribution in [3.63, 3.8) is 0 Å². The number of hydrogen-bond acceptors (Lipinski definition) is 18. The zero-order chi connectivity index (χ0) is 71.9. The van der Waals surface area contributed by atoms with E-state index in [1.165, 1.54) is 48.5 Å². The minimum absolute atomic E-state index is 0. The Bertz CT molecular complexity index is 4010.